The van der Waals surface area contributed by atoms with Crippen LogP contribution in [0, 0.1) is 0 Å². The minimum Gasteiger partial charge on any atom is -0.294 e. The van der Waals surface area contributed by atoms with Crippen LogP contribution in [0.25, 0.3) is 10.9 Å². The van der Waals surface area contributed by atoms with Gasteiger partial charge in [0.25, 0.3) is 0 Å². The minimum atomic E-state index is 0.273. The molecule has 0 saturated carbocycles. The molecule has 74 valence electrons. The number of aromatic nitrogens is 1. The molecule has 0 bridgehead atoms. The van der Waals surface area contributed by atoms with Crippen LogP contribution in [0.15, 0.2) is 30.5 Å². The van der Waals surface area contributed by atoms with E-state index in [0.29, 0.717) is 6.42 Å². The van der Waals surface area contributed by atoms with Crippen molar-refractivity contribution in [3.63, 3.8) is 0 Å². The predicted octanol–water partition coefficient (Wildman–Crippen LogP) is 2.75. The maximum absolute atomic E-state index is 11.9. The number of nitrogens with zero attached hydrogens (tertiary/aromatic N) is 1. The summed E-state index contributed by atoms with van der Waals surface area (Å²) in [6.07, 6.45) is 4.45. The van der Waals surface area contributed by atoms with Crippen LogP contribution in [-0.4, -0.2) is 10.8 Å². The maximum Gasteiger partial charge on any atom is 0.163 e. The Morgan fingerprint density at radius 3 is 3.00 bits per heavy atom. The summed E-state index contributed by atoms with van der Waals surface area (Å²) in [6, 6.07) is 7.93. The summed E-state index contributed by atoms with van der Waals surface area (Å²) in [6.45, 7) is 0. The molecule has 0 radical (unpaired) electrons. The summed E-state index contributed by atoms with van der Waals surface area (Å²) in [5.41, 5.74) is 3.02. The Morgan fingerprint density at radius 1 is 1.13 bits per heavy atom. The van der Waals surface area contributed by atoms with Crippen LogP contribution in [0.1, 0.15) is 28.8 Å². The van der Waals surface area contributed by atoms with Gasteiger partial charge in [0.05, 0.1) is 5.52 Å². The zero-order valence-electron chi connectivity index (χ0n) is 8.36. The van der Waals surface area contributed by atoms with E-state index in [9.17, 15) is 4.79 Å². The van der Waals surface area contributed by atoms with Crippen molar-refractivity contribution in [3.8, 4) is 0 Å². The maximum atomic E-state index is 11.9. The molecule has 2 nitrogen and oxygen atoms in total. The Bertz CT molecular complexity index is 545. The van der Waals surface area contributed by atoms with Crippen LogP contribution in [0.2, 0.25) is 0 Å². The van der Waals surface area contributed by atoms with Crippen molar-refractivity contribution in [2.45, 2.75) is 19.3 Å². The van der Waals surface area contributed by atoms with E-state index < -0.39 is 0 Å². The average molecular weight is 197 g/mol. The first-order valence-corrected chi connectivity index (χ1v) is 5.26. The van der Waals surface area contributed by atoms with Gasteiger partial charge in [-0.3, -0.25) is 9.78 Å². The van der Waals surface area contributed by atoms with E-state index in [1.807, 2.05) is 24.3 Å². The predicted molar refractivity (Wildman–Crippen MR) is 59.0 cm³/mol. The zero-order chi connectivity index (χ0) is 10.3. The van der Waals surface area contributed by atoms with Gasteiger partial charge in [-0.1, -0.05) is 12.1 Å². The number of hydrogen-bond donors (Lipinski definition) is 0. The van der Waals surface area contributed by atoms with Crippen LogP contribution < -0.4 is 0 Å². The van der Waals surface area contributed by atoms with Crippen LogP contribution >= 0.6 is 0 Å². The van der Waals surface area contributed by atoms with Crippen molar-refractivity contribution < 1.29 is 4.79 Å². The Labute approximate surface area is 87.9 Å². The summed E-state index contributed by atoms with van der Waals surface area (Å²) in [5.74, 6) is 0.273. The average Bonchev–Trinajstić information content (AvgIpc) is 2.29. The van der Waals surface area contributed by atoms with E-state index in [2.05, 4.69) is 4.98 Å². The standard InChI is InChI=1S/C13H11NO/c15-12-5-1-3-9-6-7-11-10(13(9)12)4-2-8-14-11/h2,4,6-8H,1,3,5H2. The molecule has 1 aromatic heterocycles. The van der Waals surface area contributed by atoms with Crippen molar-refractivity contribution in [3.05, 3.63) is 41.6 Å². The number of carbonyl (C=O) groups is 1. The van der Waals surface area contributed by atoms with Crippen molar-refractivity contribution in [1.29, 1.82) is 0 Å². The Morgan fingerprint density at radius 2 is 2.07 bits per heavy atom. The Hall–Kier alpha value is -1.70. The number of benzene rings is 1. The third-order valence-corrected chi connectivity index (χ3v) is 3.00. The second-order valence-electron chi connectivity index (χ2n) is 3.95. The first-order chi connectivity index (χ1) is 7.36. The molecular weight excluding hydrogens is 186 g/mol. The highest BCUT2D eigenvalue weighted by Gasteiger charge is 2.19. The van der Waals surface area contributed by atoms with Gasteiger partial charge in [-0.25, -0.2) is 0 Å². The summed E-state index contributed by atoms with van der Waals surface area (Å²) < 4.78 is 0. The molecule has 1 heterocycles. The van der Waals surface area contributed by atoms with Crippen LogP contribution in [0.5, 0.6) is 0 Å². The molecule has 0 spiro atoms. The minimum absolute atomic E-state index is 0.273. The van der Waals surface area contributed by atoms with Crippen molar-refractivity contribution in [2.24, 2.45) is 0 Å². The van der Waals surface area contributed by atoms with Gasteiger partial charge in [0.2, 0.25) is 0 Å². The lowest BCUT2D eigenvalue weighted by molar-refractivity contribution is 0.0974. The first-order valence-electron chi connectivity index (χ1n) is 5.26. The third-order valence-electron chi connectivity index (χ3n) is 3.00. The van der Waals surface area contributed by atoms with E-state index in [-0.39, 0.29) is 5.78 Å². The molecule has 0 fully saturated rings. The molecule has 1 aliphatic rings. The van der Waals surface area contributed by atoms with E-state index >= 15 is 0 Å². The van der Waals surface area contributed by atoms with Gasteiger partial charge in [0, 0.05) is 23.6 Å². The van der Waals surface area contributed by atoms with E-state index in [1.165, 1.54) is 5.56 Å². The number of pyridine rings is 1. The van der Waals surface area contributed by atoms with E-state index in [1.54, 1.807) is 6.20 Å². The van der Waals surface area contributed by atoms with Gasteiger partial charge in [-0.15, -0.1) is 0 Å². The molecule has 0 N–H and O–H groups in total. The highest BCUT2D eigenvalue weighted by Crippen LogP contribution is 2.27. The monoisotopic (exact) mass is 197 g/mol. The smallest absolute Gasteiger partial charge is 0.163 e. The molecule has 0 unspecified atom stereocenters. The summed E-state index contributed by atoms with van der Waals surface area (Å²) in [7, 11) is 0. The molecule has 0 saturated heterocycles. The Balaban J connectivity index is 2.40. The number of fused-ring (bicyclic) bond motifs is 3. The highest BCUT2D eigenvalue weighted by molar-refractivity contribution is 6.09. The molecule has 15 heavy (non-hydrogen) atoms. The molecule has 2 heteroatoms. The second kappa shape index (κ2) is 3.16. The van der Waals surface area contributed by atoms with E-state index in [0.717, 1.165) is 29.3 Å². The fourth-order valence-corrected chi connectivity index (χ4v) is 2.30. The third kappa shape index (κ3) is 1.25. The highest BCUT2D eigenvalue weighted by atomic mass is 16.1. The first kappa shape index (κ1) is 8.60. The molecule has 3 rings (SSSR count). The number of Topliss-reactive ketones (excluding diaryl/α,β-unsaturated/α-hetero) is 1. The fourth-order valence-electron chi connectivity index (χ4n) is 2.30. The lowest BCUT2D eigenvalue weighted by Crippen LogP contribution is -2.11. The second-order valence-corrected chi connectivity index (χ2v) is 3.95. The molecule has 0 atom stereocenters. The van der Waals surface area contributed by atoms with Gasteiger partial charge >= 0.3 is 0 Å². The normalized spacial score (nSPS) is 15.3. The summed E-state index contributed by atoms with van der Waals surface area (Å²) >= 11 is 0. The molecule has 0 amide bonds. The molecule has 2 aromatic rings. The largest absolute Gasteiger partial charge is 0.294 e. The van der Waals surface area contributed by atoms with Gasteiger partial charge in [-0.05, 0) is 30.5 Å². The lowest BCUT2D eigenvalue weighted by atomic mass is 9.88. The van der Waals surface area contributed by atoms with Gasteiger partial charge < -0.3 is 0 Å². The number of aryl methyl sites for hydroxylation is 1. The molecule has 1 aliphatic carbocycles. The van der Waals surface area contributed by atoms with E-state index in [4.69, 9.17) is 0 Å². The molecule has 1 aromatic carbocycles. The summed E-state index contributed by atoms with van der Waals surface area (Å²) in [5, 5.41) is 1.01. The van der Waals surface area contributed by atoms with Gasteiger partial charge in [0.1, 0.15) is 0 Å². The Kier molecular flexibility index (Phi) is 1.81. The van der Waals surface area contributed by atoms with Crippen LogP contribution in [0.3, 0.4) is 0 Å². The van der Waals surface area contributed by atoms with Crippen molar-refractivity contribution in [2.75, 3.05) is 0 Å². The van der Waals surface area contributed by atoms with Gasteiger partial charge in [-0.2, -0.15) is 0 Å². The SMILES string of the molecule is O=C1CCCc2ccc3ncccc3c21. The fraction of sp³-hybridized carbons (Fsp3) is 0.231. The molecular formula is C13H11NO. The van der Waals surface area contributed by atoms with Crippen molar-refractivity contribution >= 4 is 16.7 Å². The number of carbonyl (C=O) groups excluding carboxylic acids is 1. The lowest BCUT2D eigenvalue weighted by Gasteiger charge is -2.16. The molecule has 0 aliphatic heterocycles. The van der Waals surface area contributed by atoms with Crippen LogP contribution in [0.4, 0.5) is 0 Å². The topological polar surface area (TPSA) is 30.0 Å². The zero-order valence-corrected chi connectivity index (χ0v) is 8.36. The number of hydrogen-bond acceptors (Lipinski definition) is 2. The summed E-state index contributed by atoms with van der Waals surface area (Å²) in [4.78, 5) is 16.1. The number of rotatable bonds is 0. The number of ketones is 1. The van der Waals surface area contributed by atoms with Gasteiger partial charge in [0.15, 0.2) is 5.78 Å². The van der Waals surface area contributed by atoms with Crippen LogP contribution in [-0.2, 0) is 6.42 Å². The quantitative estimate of drug-likeness (QED) is 0.650. The van der Waals surface area contributed by atoms with Crippen molar-refractivity contribution in [1.82, 2.24) is 4.98 Å².